The highest BCUT2D eigenvalue weighted by Gasteiger charge is 2.39. The molecule has 2 heterocycles. The molecule has 5 nitrogen and oxygen atoms in total. The standard InChI is InChI=1S/C13H21ClN2O3/c1-10-6-18-9-13(8-17,16(10)2)7-15-5-11-3-4-12(14)19-11/h3-4,10,15,17H,5-9H2,1-2H3/t10-,13+/m1/s1. The third kappa shape index (κ3) is 3.30. The molecule has 0 bridgehead atoms. The highest BCUT2D eigenvalue weighted by molar-refractivity contribution is 6.28. The zero-order valence-corrected chi connectivity index (χ0v) is 12.1. The lowest BCUT2D eigenvalue weighted by atomic mass is 9.96. The van der Waals surface area contributed by atoms with Crippen molar-refractivity contribution in [3.05, 3.63) is 23.1 Å². The molecule has 0 radical (unpaired) electrons. The maximum atomic E-state index is 9.72. The number of hydrogen-bond donors (Lipinski definition) is 2. The second-order valence-electron chi connectivity index (χ2n) is 5.17. The van der Waals surface area contributed by atoms with Crippen LogP contribution in [0.15, 0.2) is 16.5 Å². The molecule has 0 aromatic carbocycles. The van der Waals surface area contributed by atoms with Crippen molar-refractivity contribution in [1.82, 2.24) is 10.2 Å². The minimum atomic E-state index is -0.381. The van der Waals surface area contributed by atoms with Gasteiger partial charge in [-0.05, 0) is 37.7 Å². The highest BCUT2D eigenvalue weighted by atomic mass is 35.5. The van der Waals surface area contributed by atoms with Crippen molar-refractivity contribution in [3.63, 3.8) is 0 Å². The van der Waals surface area contributed by atoms with Gasteiger partial charge in [0.05, 0.1) is 31.9 Å². The van der Waals surface area contributed by atoms with Gasteiger partial charge in [0, 0.05) is 12.6 Å². The Bertz CT molecular complexity index is 412. The minimum Gasteiger partial charge on any atom is -0.448 e. The average molecular weight is 289 g/mol. The molecule has 1 aliphatic heterocycles. The first kappa shape index (κ1) is 14.8. The number of hydrogen-bond acceptors (Lipinski definition) is 5. The number of ether oxygens (including phenoxy) is 1. The van der Waals surface area contributed by atoms with Crippen molar-refractivity contribution in [1.29, 1.82) is 0 Å². The Morgan fingerprint density at radius 2 is 2.37 bits per heavy atom. The van der Waals surface area contributed by atoms with E-state index in [1.807, 2.05) is 13.1 Å². The van der Waals surface area contributed by atoms with Crippen LogP contribution < -0.4 is 5.32 Å². The fourth-order valence-electron chi connectivity index (χ4n) is 2.35. The van der Waals surface area contributed by atoms with Crippen LogP contribution in [0, 0.1) is 0 Å². The van der Waals surface area contributed by atoms with Gasteiger partial charge in [0.1, 0.15) is 5.76 Å². The summed E-state index contributed by atoms with van der Waals surface area (Å²) in [6.45, 7) is 4.58. The number of morpholine rings is 1. The van der Waals surface area contributed by atoms with Crippen molar-refractivity contribution < 1.29 is 14.3 Å². The Hall–Kier alpha value is -0.590. The van der Waals surface area contributed by atoms with E-state index in [0.29, 0.717) is 37.6 Å². The number of likely N-dealkylation sites (N-methyl/N-ethyl adjacent to an activating group) is 1. The first-order chi connectivity index (χ1) is 9.07. The number of nitrogens with one attached hydrogen (secondary N) is 1. The molecule has 1 fully saturated rings. The molecule has 0 saturated carbocycles. The maximum absolute atomic E-state index is 9.72. The number of furan rings is 1. The summed E-state index contributed by atoms with van der Waals surface area (Å²) in [5.41, 5.74) is -0.381. The van der Waals surface area contributed by atoms with Crippen molar-refractivity contribution in [2.45, 2.75) is 25.0 Å². The lowest BCUT2D eigenvalue weighted by Crippen LogP contribution is -2.65. The predicted molar refractivity (Wildman–Crippen MR) is 73.3 cm³/mol. The van der Waals surface area contributed by atoms with Crippen LogP contribution in [0.3, 0.4) is 0 Å². The van der Waals surface area contributed by atoms with E-state index in [4.69, 9.17) is 20.8 Å². The molecule has 1 aromatic heterocycles. The van der Waals surface area contributed by atoms with Crippen LogP contribution in [0.2, 0.25) is 5.22 Å². The molecule has 108 valence electrons. The van der Waals surface area contributed by atoms with E-state index >= 15 is 0 Å². The Kier molecular flexibility index (Phi) is 4.86. The van der Waals surface area contributed by atoms with Crippen LogP contribution in [0.4, 0.5) is 0 Å². The van der Waals surface area contributed by atoms with Gasteiger partial charge >= 0.3 is 0 Å². The molecule has 0 aliphatic carbocycles. The minimum absolute atomic E-state index is 0.0553. The summed E-state index contributed by atoms with van der Waals surface area (Å²) in [5.74, 6) is 0.783. The fourth-order valence-corrected chi connectivity index (χ4v) is 2.52. The van der Waals surface area contributed by atoms with E-state index in [-0.39, 0.29) is 12.1 Å². The summed E-state index contributed by atoms with van der Waals surface area (Å²) in [6, 6.07) is 3.85. The zero-order valence-electron chi connectivity index (χ0n) is 11.4. The Labute approximate surface area is 118 Å². The molecular formula is C13H21ClN2O3. The van der Waals surface area contributed by atoms with Crippen molar-refractivity contribution in [3.8, 4) is 0 Å². The van der Waals surface area contributed by atoms with Crippen LogP contribution in [-0.4, -0.2) is 55.0 Å². The van der Waals surface area contributed by atoms with E-state index in [1.54, 1.807) is 6.07 Å². The monoisotopic (exact) mass is 288 g/mol. The number of aliphatic hydroxyl groups is 1. The van der Waals surface area contributed by atoms with E-state index in [9.17, 15) is 5.11 Å². The zero-order chi connectivity index (χ0) is 13.9. The Morgan fingerprint density at radius 1 is 1.58 bits per heavy atom. The van der Waals surface area contributed by atoms with Crippen molar-refractivity contribution in [2.75, 3.05) is 33.4 Å². The predicted octanol–water partition coefficient (Wildman–Crippen LogP) is 1.10. The van der Waals surface area contributed by atoms with E-state index in [0.717, 1.165) is 5.76 Å². The smallest absolute Gasteiger partial charge is 0.193 e. The van der Waals surface area contributed by atoms with Gasteiger partial charge in [-0.1, -0.05) is 0 Å². The van der Waals surface area contributed by atoms with Gasteiger partial charge in [0.2, 0.25) is 0 Å². The molecule has 0 unspecified atom stereocenters. The molecule has 2 N–H and O–H groups in total. The normalized spacial score (nSPS) is 28.7. The lowest BCUT2D eigenvalue weighted by Gasteiger charge is -2.47. The van der Waals surface area contributed by atoms with Crippen LogP contribution in [0.25, 0.3) is 0 Å². The lowest BCUT2D eigenvalue weighted by molar-refractivity contribution is -0.106. The van der Waals surface area contributed by atoms with E-state index in [2.05, 4.69) is 17.1 Å². The molecule has 19 heavy (non-hydrogen) atoms. The number of rotatable bonds is 5. The first-order valence-electron chi connectivity index (χ1n) is 6.44. The van der Waals surface area contributed by atoms with Crippen LogP contribution in [0.1, 0.15) is 12.7 Å². The summed E-state index contributed by atoms with van der Waals surface area (Å²) in [5, 5.41) is 13.4. The summed E-state index contributed by atoms with van der Waals surface area (Å²) in [6.07, 6.45) is 0. The summed E-state index contributed by atoms with van der Waals surface area (Å²) < 4.78 is 10.9. The average Bonchev–Trinajstić information content (AvgIpc) is 2.80. The molecule has 0 spiro atoms. The quantitative estimate of drug-likeness (QED) is 0.850. The maximum Gasteiger partial charge on any atom is 0.193 e. The van der Waals surface area contributed by atoms with Gasteiger partial charge in [-0.15, -0.1) is 0 Å². The summed E-state index contributed by atoms with van der Waals surface area (Å²) in [7, 11) is 2.02. The first-order valence-corrected chi connectivity index (χ1v) is 6.82. The van der Waals surface area contributed by atoms with Crippen LogP contribution in [0.5, 0.6) is 0 Å². The second-order valence-corrected chi connectivity index (χ2v) is 5.54. The van der Waals surface area contributed by atoms with Gasteiger partial charge in [-0.2, -0.15) is 0 Å². The number of aliphatic hydroxyl groups excluding tert-OH is 1. The van der Waals surface area contributed by atoms with Gasteiger partial charge < -0.3 is 19.6 Å². The third-order valence-corrected chi connectivity index (χ3v) is 4.02. The Morgan fingerprint density at radius 3 is 3.00 bits per heavy atom. The van der Waals surface area contributed by atoms with Gasteiger partial charge in [0.15, 0.2) is 5.22 Å². The largest absolute Gasteiger partial charge is 0.448 e. The molecular weight excluding hydrogens is 268 g/mol. The fraction of sp³-hybridized carbons (Fsp3) is 0.692. The molecule has 6 heteroatoms. The highest BCUT2D eigenvalue weighted by Crippen LogP contribution is 2.22. The van der Waals surface area contributed by atoms with E-state index in [1.165, 1.54) is 0 Å². The molecule has 2 rings (SSSR count). The number of halogens is 1. The van der Waals surface area contributed by atoms with Crippen molar-refractivity contribution >= 4 is 11.6 Å². The van der Waals surface area contributed by atoms with Crippen LogP contribution in [-0.2, 0) is 11.3 Å². The third-order valence-electron chi connectivity index (χ3n) is 3.82. The van der Waals surface area contributed by atoms with Crippen LogP contribution >= 0.6 is 11.6 Å². The Balaban J connectivity index is 1.91. The number of nitrogens with zero attached hydrogens (tertiary/aromatic N) is 1. The van der Waals surface area contributed by atoms with Gasteiger partial charge in [-0.3, -0.25) is 4.90 Å². The molecule has 2 atom stereocenters. The molecule has 1 aliphatic rings. The SMILES string of the molecule is C[C@@H]1COC[C@@](CO)(CNCc2ccc(Cl)o2)N1C. The summed E-state index contributed by atoms with van der Waals surface area (Å²) >= 11 is 5.72. The molecule has 0 amide bonds. The van der Waals surface area contributed by atoms with Gasteiger partial charge in [-0.25, -0.2) is 0 Å². The topological polar surface area (TPSA) is 57.9 Å². The summed E-state index contributed by atoms with van der Waals surface area (Å²) in [4.78, 5) is 2.18. The second kappa shape index (κ2) is 6.24. The molecule has 1 aromatic rings. The van der Waals surface area contributed by atoms with Crippen molar-refractivity contribution in [2.24, 2.45) is 0 Å². The molecule has 1 saturated heterocycles. The van der Waals surface area contributed by atoms with E-state index < -0.39 is 0 Å². The van der Waals surface area contributed by atoms with Gasteiger partial charge in [0.25, 0.3) is 0 Å².